The molecule has 0 saturated heterocycles. The molecule has 0 rings (SSSR count). The molecule has 5 nitrogen and oxygen atoms in total. The number of carboxylic acid groups (broad SMARTS) is 1. The van der Waals surface area contributed by atoms with Crippen molar-refractivity contribution in [2.75, 3.05) is 40.3 Å². The normalized spacial score (nSPS) is 11.7. The largest absolute Gasteiger partial charge is 0.481 e. The van der Waals surface area contributed by atoms with Gasteiger partial charge in [-0.1, -0.05) is 149 Å². The van der Waals surface area contributed by atoms with Crippen LogP contribution in [0.1, 0.15) is 181 Å². The van der Waals surface area contributed by atoms with Gasteiger partial charge >= 0.3 is 5.97 Å². The van der Waals surface area contributed by atoms with E-state index in [1.54, 1.807) is 0 Å². The number of carboxylic acids is 1. The van der Waals surface area contributed by atoms with E-state index in [0.29, 0.717) is 0 Å². The molecule has 1 amide bonds. The summed E-state index contributed by atoms with van der Waals surface area (Å²) in [5.74, 6) is -0.868. The number of nitrogens with zero attached hydrogens (tertiary/aromatic N) is 2. The Morgan fingerprint density at radius 1 is 0.488 bits per heavy atom. The summed E-state index contributed by atoms with van der Waals surface area (Å²) in [5.41, 5.74) is 0. The summed E-state index contributed by atoms with van der Waals surface area (Å²) in [6.07, 6.45) is 32.2. The molecule has 244 valence electrons. The topological polar surface area (TPSA) is 57.6 Å². The third-order valence-electron chi connectivity index (χ3n) is 8.78. The Morgan fingerprint density at radius 2 is 0.854 bits per heavy atom. The minimum absolute atomic E-state index is 0.0147. The maximum absolute atomic E-state index is 12.8. The molecule has 0 aliphatic heterocycles. The van der Waals surface area contributed by atoms with E-state index >= 15 is 0 Å². The lowest BCUT2D eigenvalue weighted by molar-refractivity contribution is -0.889. The maximum atomic E-state index is 12.8. The number of carbonyl (C=O) groups is 2. The van der Waals surface area contributed by atoms with Gasteiger partial charge in [0.2, 0.25) is 5.91 Å². The minimum Gasteiger partial charge on any atom is -0.481 e. The van der Waals surface area contributed by atoms with Crippen molar-refractivity contribution in [3.63, 3.8) is 0 Å². The monoisotopic (exact) mass is 582 g/mol. The van der Waals surface area contributed by atoms with Crippen LogP contribution in [0.15, 0.2) is 0 Å². The summed E-state index contributed by atoms with van der Waals surface area (Å²) in [4.78, 5) is 25.8. The van der Waals surface area contributed by atoms with Crippen molar-refractivity contribution in [3.8, 4) is 0 Å². The van der Waals surface area contributed by atoms with E-state index in [-0.39, 0.29) is 18.7 Å². The van der Waals surface area contributed by atoms with Crippen molar-refractivity contribution >= 4 is 11.9 Å². The molecule has 41 heavy (non-hydrogen) atoms. The Hall–Kier alpha value is -1.10. The van der Waals surface area contributed by atoms with Gasteiger partial charge in [-0.3, -0.25) is 9.59 Å². The fourth-order valence-electron chi connectivity index (χ4n) is 5.76. The molecule has 0 aromatic carbocycles. The minimum atomic E-state index is -0.883. The van der Waals surface area contributed by atoms with Crippen LogP contribution in [0.3, 0.4) is 0 Å². The Labute approximate surface area is 256 Å². The zero-order valence-electron chi connectivity index (χ0n) is 28.4. The van der Waals surface area contributed by atoms with Crippen molar-refractivity contribution in [1.82, 2.24) is 4.90 Å². The summed E-state index contributed by atoms with van der Waals surface area (Å²) in [6.45, 7) is 8.15. The molecule has 0 bridgehead atoms. The first kappa shape index (κ1) is 39.9. The highest BCUT2D eigenvalue weighted by Crippen LogP contribution is 2.15. The van der Waals surface area contributed by atoms with Gasteiger partial charge in [0, 0.05) is 13.0 Å². The molecule has 0 radical (unpaired) electrons. The number of likely N-dealkylation sites (N-methyl/N-ethyl adjacent to an activating group) is 1. The number of quaternary nitrogens is 1. The van der Waals surface area contributed by atoms with Crippen LogP contribution in [0, 0.1) is 0 Å². The highest BCUT2D eigenvalue weighted by atomic mass is 16.4. The molecule has 0 unspecified atom stereocenters. The number of aliphatic carboxylic acids is 1. The second kappa shape index (κ2) is 29.0. The van der Waals surface area contributed by atoms with Gasteiger partial charge < -0.3 is 14.5 Å². The van der Waals surface area contributed by atoms with Crippen LogP contribution in [0.25, 0.3) is 0 Å². The zero-order chi connectivity index (χ0) is 30.4. The van der Waals surface area contributed by atoms with Crippen molar-refractivity contribution in [2.45, 2.75) is 181 Å². The Balaban J connectivity index is 4.11. The molecular weight excluding hydrogens is 508 g/mol. The van der Waals surface area contributed by atoms with Gasteiger partial charge in [0.1, 0.15) is 0 Å². The van der Waals surface area contributed by atoms with Gasteiger partial charge in [-0.05, 0) is 19.3 Å². The molecule has 0 spiro atoms. The average molecular weight is 582 g/mol. The van der Waals surface area contributed by atoms with E-state index in [1.807, 2.05) is 4.90 Å². The van der Waals surface area contributed by atoms with Crippen molar-refractivity contribution < 1.29 is 19.2 Å². The molecule has 0 heterocycles. The predicted molar refractivity (Wildman–Crippen MR) is 177 cm³/mol. The van der Waals surface area contributed by atoms with Crippen LogP contribution >= 0.6 is 0 Å². The number of hydrogen-bond acceptors (Lipinski definition) is 2. The van der Waals surface area contributed by atoms with Gasteiger partial charge in [-0.25, -0.2) is 0 Å². The Kier molecular flexibility index (Phi) is 28.2. The van der Waals surface area contributed by atoms with E-state index in [2.05, 4.69) is 27.9 Å². The highest BCUT2D eigenvalue weighted by molar-refractivity contribution is 5.80. The zero-order valence-corrected chi connectivity index (χ0v) is 28.4. The number of unbranched alkanes of at least 4 members (excludes halogenated alkanes) is 22. The summed E-state index contributed by atoms with van der Waals surface area (Å²) >= 11 is 0. The van der Waals surface area contributed by atoms with Gasteiger partial charge in [-0.15, -0.1) is 0 Å². The maximum Gasteiger partial charge on any atom is 0.303 e. The van der Waals surface area contributed by atoms with Crippen LogP contribution in [0.4, 0.5) is 0 Å². The van der Waals surface area contributed by atoms with Crippen LogP contribution in [0.2, 0.25) is 0 Å². The fraction of sp³-hybridized carbons (Fsp3) is 0.944. The van der Waals surface area contributed by atoms with E-state index in [1.165, 1.54) is 141 Å². The van der Waals surface area contributed by atoms with Gasteiger partial charge in [-0.2, -0.15) is 0 Å². The predicted octanol–water partition coefficient (Wildman–Crippen LogP) is 10.2. The molecule has 0 saturated carbocycles. The van der Waals surface area contributed by atoms with E-state index < -0.39 is 5.97 Å². The fourth-order valence-corrected chi connectivity index (χ4v) is 5.76. The van der Waals surface area contributed by atoms with Crippen LogP contribution in [-0.2, 0) is 9.59 Å². The SMILES string of the molecule is CCCCCCCCCCCCCCN(CC[N+](C)(C)CCCCCCCCCCCCCC)C(=O)CCC(=O)O. The van der Waals surface area contributed by atoms with Gasteiger partial charge in [0.05, 0.1) is 40.2 Å². The van der Waals surface area contributed by atoms with Crippen molar-refractivity contribution in [3.05, 3.63) is 0 Å². The molecule has 1 N–H and O–H groups in total. The van der Waals surface area contributed by atoms with E-state index in [0.717, 1.165) is 43.5 Å². The quantitative estimate of drug-likeness (QED) is 0.0635. The number of amides is 1. The molecule has 0 fully saturated rings. The molecule has 0 aliphatic carbocycles. The van der Waals surface area contributed by atoms with E-state index in [9.17, 15) is 9.59 Å². The third-order valence-corrected chi connectivity index (χ3v) is 8.78. The van der Waals surface area contributed by atoms with Gasteiger partial charge in [0.25, 0.3) is 0 Å². The number of hydrogen-bond donors (Lipinski definition) is 1. The lowest BCUT2D eigenvalue weighted by Crippen LogP contribution is -2.47. The number of carbonyl (C=O) groups excluding carboxylic acids is 1. The Bertz CT molecular complexity index is 593. The molecule has 0 aliphatic rings. The van der Waals surface area contributed by atoms with Gasteiger partial charge in [0.15, 0.2) is 0 Å². The molecule has 5 heteroatoms. The third kappa shape index (κ3) is 28.8. The molecule has 0 atom stereocenters. The lowest BCUT2D eigenvalue weighted by Gasteiger charge is -2.33. The lowest BCUT2D eigenvalue weighted by atomic mass is 10.1. The summed E-state index contributed by atoms with van der Waals surface area (Å²) < 4.78 is 0.929. The first-order valence-electron chi connectivity index (χ1n) is 18.1. The first-order chi connectivity index (χ1) is 19.8. The van der Waals surface area contributed by atoms with Crippen molar-refractivity contribution in [2.24, 2.45) is 0 Å². The average Bonchev–Trinajstić information content (AvgIpc) is 2.94. The second-order valence-corrected chi connectivity index (χ2v) is 13.4. The Morgan fingerprint density at radius 3 is 1.24 bits per heavy atom. The second-order valence-electron chi connectivity index (χ2n) is 13.4. The highest BCUT2D eigenvalue weighted by Gasteiger charge is 2.20. The molecule has 0 aromatic rings. The standard InChI is InChI=1S/C36H72N2O3/c1-5-7-9-11-13-15-17-19-21-23-25-27-31-37(35(39)29-30-36(40)41)32-34-38(3,4)33-28-26-24-22-20-18-16-14-12-10-8-6-2/h5-34H2,1-4H3/p+1. The molecule has 0 aromatic heterocycles. The van der Waals surface area contributed by atoms with E-state index in [4.69, 9.17) is 5.11 Å². The number of rotatable bonds is 32. The summed E-state index contributed by atoms with van der Waals surface area (Å²) in [7, 11) is 4.56. The van der Waals surface area contributed by atoms with Crippen LogP contribution in [0.5, 0.6) is 0 Å². The van der Waals surface area contributed by atoms with Crippen molar-refractivity contribution in [1.29, 1.82) is 0 Å². The summed E-state index contributed by atoms with van der Waals surface area (Å²) in [5, 5.41) is 9.06. The summed E-state index contributed by atoms with van der Waals surface area (Å²) in [6, 6.07) is 0. The van der Waals surface area contributed by atoms with Crippen LogP contribution in [-0.4, -0.2) is 66.6 Å². The first-order valence-corrected chi connectivity index (χ1v) is 18.1. The van der Waals surface area contributed by atoms with Crippen LogP contribution < -0.4 is 0 Å². The smallest absolute Gasteiger partial charge is 0.303 e. The molecular formula is C36H73N2O3+.